The van der Waals surface area contributed by atoms with E-state index in [1.165, 1.54) is 18.1 Å². The van der Waals surface area contributed by atoms with Gasteiger partial charge in [-0.15, -0.1) is 4.99 Å². The number of nitrogens with one attached hydrogen (secondary N) is 1. The van der Waals surface area contributed by atoms with Crippen molar-refractivity contribution in [2.75, 3.05) is 19.3 Å². The maximum absolute atomic E-state index is 9.49. The van der Waals surface area contributed by atoms with E-state index in [1.54, 1.807) is 6.20 Å². The van der Waals surface area contributed by atoms with Gasteiger partial charge in [0.05, 0.1) is 29.9 Å². The van der Waals surface area contributed by atoms with Crippen LogP contribution in [0, 0.1) is 22.8 Å². The molecule has 1 fully saturated rings. The molecule has 9 nitrogen and oxygen atoms in total. The van der Waals surface area contributed by atoms with Crippen LogP contribution in [0.4, 0.5) is 0 Å². The maximum atomic E-state index is 9.49. The van der Waals surface area contributed by atoms with E-state index in [1.807, 2.05) is 35.6 Å². The molecule has 1 saturated heterocycles. The lowest BCUT2D eigenvalue weighted by Crippen LogP contribution is -2.47. The van der Waals surface area contributed by atoms with Gasteiger partial charge in [-0.1, -0.05) is 11.8 Å². The number of hydrogen-bond acceptors (Lipinski definition) is 7. The highest BCUT2D eigenvalue weighted by atomic mass is 32.2. The third-order valence-electron chi connectivity index (χ3n) is 5.40. The highest BCUT2D eigenvalue weighted by Crippen LogP contribution is 2.35. The van der Waals surface area contributed by atoms with Crippen molar-refractivity contribution in [3.05, 3.63) is 31.0 Å². The van der Waals surface area contributed by atoms with Crippen molar-refractivity contribution in [3.63, 3.8) is 0 Å². The van der Waals surface area contributed by atoms with E-state index in [-0.39, 0.29) is 5.54 Å². The fourth-order valence-electron chi connectivity index (χ4n) is 3.84. The first kappa shape index (κ1) is 19.0. The van der Waals surface area contributed by atoms with Crippen LogP contribution in [-0.2, 0) is 5.54 Å². The molecule has 3 aromatic rings. The van der Waals surface area contributed by atoms with Crippen LogP contribution in [0.3, 0.4) is 0 Å². The average molecular weight is 405 g/mol. The SMILES string of the molecule is CSC(=NC#N)N1CCC(CC#N)(n2cc(-c3ncnc4[nH]ccc34)cn2)CC1. The van der Waals surface area contributed by atoms with Crippen LogP contribution in [0.1, 0.15) is 19.3 Å². The van der Waals surface area contributed by atoms with E-state index in [9.17, 15) is 5.26 Å². The molecule has 0 aliphatic carbocycles. The molecule has 10 heteroatoms. The Bertz CT molecular complexity index is 1120. The number of piperidine rings is 1. The molecule has 4 heterocycles. The standard InChI is InChI=1S/C19H19N9S/c1-29-18(23-12-21)27-8-4-19(3-6-20,5-9-27)28-11-14(10-26-28)16-15-2-7-22-17(15)25-13-24-16/h2,7,10-11,13H,3-5,8-9H2,1H3,(H,22,24,25). The number of aliphatic imine (C=N–C) groups is 1. The first-order valence-corrected chi connectivity index (χ1v) is 10.4. The van der Waals surface area contributed by atoms with E-state index in [4.69, 9.17) is 5.26 Å². The van der Waals surface area contributed by atoms with Gasteiger partial charge < -0.3 is 9.88 Å². The van der Waals surface area contributed by atoms with Gasteiger partial charge in [0.2, 0.25) is 6.19 Å². The first-order valence-electron chi connectivity index (χ1n) is 9.17. The largest absolute Gasteiger partial charge is 0.350 e. The second-order valence-corrected chi connectivity index (χ2v) is 7.65. The van der Waals surface area contributed by atoms with Crippen molar-refractivity contribution in [1.82, 2.24) is 29.6 Å². The molecule has 0 bridgehead atoms. The molecule has 0 amide bonds. The van der Waals surface area contributed by atoms with Crippen LogP contribution in [-0.4, -0.2) is 54.1 Å². The Balaban J connectivity index is 1.63. The summed E-state index contributed by atoms with van der Waals surface area (Å²) >= 11 is 1.46. The molecule has 1 N–H and O–H groups in total. The number of nitriles is 2. The van der Waals surface area contributed by atoms with Gasteiger partial charge in [0.25, 0.3) is 0 Å². The number of rotatable bonds is 3. The van der Waals surface area contributed by atoms with Crippen LogP contribution >= 0.6 is 11.8 Å². The van der Waals surface area contributed by atoms with Gasteiger partial charge >= 0.3 is 0 Å². The molecule has 0 unspecified atom stereocenters. The summed E-state index contributed by atoms with van der Waals surface area (Å²) in [5.74, 6) is 0. The van der Waals surface area contributed by atoms with Crippen molar-refractivity contribution >= 4 is 28.0 Å². The van der Waals surface area contributed by atoms with Gasteiger partial charge in [-0.3, -0.25) is 4.68 Å². The molecule has 0 radical (unpaired) electrons. The second kappa shape index (κ2) is 7.94. The van der Waals surface area contributed by atoms with Crippen molar-refractivity contribution in [2.24, 2.45) is 4.99 Å². The summed E-state index contributed by atoms with van der Waals surface area (Å²) < 4.78 is 1.92. The highest BCUT2D eigenvalue weighted by molar-refractivity contribution is 8.13. The van der Waals surface area contributed by atoms with Gasteiger partial charge in [0.15, 0.2) is 5.17 Å². The molecule has 1 aliphatic rings. The van der Waals surface area contributed by atoms with Crippen molar-refractivity contribution in [1.29, 1.82) is 10.5 Å². The first-order chi connectivity index (χ1) is 14.2. The molecule has 0 atom stereocenters. The summed E-state index contributed by atoms with van der Waals surface area (Å²) in [4.78, 5) is 17.8. The number of likely N-dealkylation sites (tertiary alicyclic amines) is 1. The number of hydrogen-bond donors (Lipinski definition) is 1. The van der Waals surface area contributed by atoms with E-state index < -0.39 is 0 Å². The van der Waals surface area contributed by atoms with Gasteiger partial charge in [-0.2, -0.15) is 15.6 Å². The number of thioether (sulfide) groups is 1. The molecule has 0 spiro atoms. The molecule has 0 aromatic carbocycles. The third-order valence-corrected chi connectivity index (χ3v) is 6.11. The molecule has 0 saturated carbocycles. The zero-order valence-corrected chi connectivity index (χ0v) is 16.7. The van der Waals surface area contributed by atoms with Crippen LogP contribution < -0.4 is 0 Å². The topological polar surface area (TPSA) is 123 Å². The fourth-order valence-corrected chi connectivity index (χ4v) is 4.42. The zero-order valence-electron chi connectivity index (χ0n) is 15.9. The van der Waals surface area contributed by atoms with Crippen molar-refractivity contribution in [2.45, 2.75) is 24.8 Å². The minimum Gasteiger partial charge on any atom is -0.350 e. The number of aromatic amines is 1. The van der Waals surface area contributed by atoms with E-state index >= 15 is 0 Å². The smallest absolute Gasteiger partial charge is 0.208 e. The van der Waals surface area contributed by atoms with Crippen molar-refractivity contribution in [3.8, 4) is 23.5 Å². The summed E-state index contributed by atoms with van der Waals surface area (Å²) in [5.41, 5.74) is 2.11. The van der Waals surface area contributed by atoms with Crippen LogP contribution in [0.25, 0.3) is 22.3 Å². The predicted octanol–water partition coefficient (Wildman–Crippen LogP) is 2.73. The quantitative estimate of drug-likeness (QED) is 0.404. The molecule has 3 aromatic heterocycles. The molecule has 1 aliphatic heterocycles. The lowest BCUT2D eigenvalue weighted by atomic mass is 9.85. The minimum absolute atomic E-state index is 0.370. The van der Waals surface area contributed by atoms with E-state index in [0.29, 0.717) is 19.5 Å². The summed E-state index contributed by atoms with van der Waals surface area (Å²) in [5, 5.41) is 24.6. The number of nitrogens with zero attached hydrogens (tertiary/aromatic N) is 8. The summed E-state index contributed by atoms with van der Waals surface area (Å²) in [7, 11) is 0. The average Bonchev–Trinajstić information content (AvgIpc) is 3.42. The molecular weight excluding hydrogens is 386 g/mol. The fraction of sp³-hybridized carbons (Fsp3) is 0.368. The number of amidine groups is 1. The Morgan fingerprint density at radius 3 is 2.90 bits per heavy atom. The minimum atomic E-state index is -0.385. The summed E-state index contributed by atoms with van der Waals surface area (Å²) in [6.45, 7) is 1.43. The Hall–Kier alpha value is -3.37. The van der Waals surface area contributed by atoms with Gasteiger partial charge in [0.1, 0.15) is 12.0 Å². The third kappa shape index (κ3) is 3.43. The highest BCUT2D eigenvalue weighted by Gasteiger charge is 2.38. The maximum Gasteiger partial charge on any atom is 0.208 e. The lowest BCUT2D eigenvalue weighted by Gasteiger charge is -2.41. The van der Waals surface area contributed by atoms with Crippen molar-refractivity contribution < 1.29 is 0 Å². The monoisotopic (exact) mass is 405 g/mol. The molecule has 29 heavy (non-hydrogen) atoms. The summed E-state index contributed by atoms with van der Waals surface area (Å²) in [6.07, 6.45) is 12.8. The van der Waals surface area contributed by atoms with Crippen LogP contribution in [0.15, 0.2) is 36.0 Å². The normalized spacial score (nSPS) is 16.5. The molecular formula is C19H19N9S. The molecule has 146 valence electrons. The number of fused-ring (bicyclic) bond motifs is 1. The van der Waals surface area contributed by atoms with Crippen LogP contribution in [0.2, 0.25) is 0 Å². The predicted molar refractivity (Wildman–Crippen MR) is 111 cm³/mol. The molecule has 4 rings (SSSR count). The van der Waals surface area contributed by atoms with E-state index in [0.717, 1.165) is 40.3 Å². The van der Waals surface area contributed by atoms with Gasteiger partial charge in [-0.25, -0.2) is 9.97 Å². The van der Waals surface area contributed by atoms with Gasteiger partial charge in [-0.05, 0) is 25.2 Å². The summed E-state index contributed by atoms with van der Waals surface area (Å²) in [6, 6.07) is 4.29. The number of aromatic nitrogens is 5. The Labute approximate surface area is 172 Å². The second-order valence-electron chi connectivity index (χ2n) is 6.88. The Morgan fingerprint density at radius 2 is 2.17 bits per heavy atom. The van der Waals surface area contributed by atoms with E-state index in [2.05, 4.69) is 36.0 Å². The lowest BCUT2D eigenvalue weighted by molar-refractivity contribution is 0.144. The van der Waals surface area contributed by atoms with Gasteiger partial charge in [0, 0.05) is 36.4 Å². The number of H-pyrrole nitrogens is 1. The zero-order chi connectivity index (χ0) is 20.3. The Kier molecular flexibility index (Phi) is 5.19. The van der Waals surface area contributed by atoms with Crippen LogP contribution in [0.5, 0.6) is 0 Å². The Morgan fingerprint density at radius 1 is 1.34 bits per heavy atom.